The average molecular weight is 278 g/mol. The van der Waals surface area contributed by atoms with Crippen LogP contribution in [-0.2, 0) is 11.2 Å². The third kappa shape index (κ3) is 5.21. The molecule has 0 radical (unpaired) electrons. The lowest BCUT2D eigenvalue weighted by molar-refractivity contribution is -0.120. The molecule has 0 spiro atoms. The minimum absolute atomic E-state index is 0.00545. The van der Waals surface area contributed by atoms with Crippen molar-refractivity contribution in [2.75, 3.05) is 13.2 Å². The average Bonchev–Trinajstić information content (AvgIpc) is 2.47. The maximum atomic E-state index is 11.9. The Kier molecular flexibility index (Phi) is 6.52. The van der Waals surface area contributed by atoms with E-state index in [0.717, 1.165) is 24.2 Å². The maximum Gasteiger partial charge on any atom is 0.224 e. The van der Waals surface area contributed by atoms with Gasteiger partial charge >= 0.3 is 0 Å². The molecule has 0 bridgehead atoms. The predicted molar refractivity (Wildman–Crippen MR) is 81.8 cm³/mol. The Hall–Kier alpha value is -1.55. The molecular formula is C16H26N2O2. The van der Waals surface area contributed by atoms with Crippen LogP contribution in [0.5, 0.6) is 5.75 Å². The fourth-order valence-corrected chi connectivity index (χ4v) is 1.89. The number of amides is 1. The summed E-state index contributed by atoms with van der Waals surface area (Å²) in [4.78, 5) is 11.9. The number of nitrogens with two attached hydrogens (primary N) is 1. The SMILES string of the molecule is CCOc1ccc(CC(=O)NCC(N)(CC)CC)cc1. The van der Waals surface area contributed by atoms with Crippen molar-refractivity contribution in [2.24, 2.45) is 5.73 Å². The Morgan fingerprint density at radius 2 is 1.80 bits per heavy atom. The number of carbonyl (C=O) groups is 1. The molecule has 1 aromatic rings. The number of hydrogen-bond donors (Lipinski definition) is 2. The van der Waals surface area contributed by atoms with Crippen molar-refractivity contribution in [3.63, 3.8) is 0 Å². The highest BCUT2D eigenvalue weighted by atomic mass is 16.5. The van der Waals surface area contributed by atoms with E-state index in [1.807, 2.05) is 45.0 Å². The van der Waals surface area contributed by atoms with Crippen molar-refractivity contribution in [3.8, 4) is 5.75 Å². The van der Waals surface area contributed by atoms with E-state index in [4.69, 9.17) is 10.5 Å². The monoisotopic (exact) mass is 278 g/mol. The molecule has 0 saturated carbocycles. The van der Waals surface area contributed by atoms with E-state index in [1.54, 1.807) is 0 Å². The molecule has 0 heterocycles. The van der Waals surface area contributed by atoms with Gasteiger partial charge in [-0.15, -0.1) is 0 Å². The Labute approximate surface area is 121 Å². The summed E-state index contributed by atoms with van der Waals surface area (Å²) < 4.78 is 5.37. The van der Waals surface area contributed by atoms with E-state index in [0.29, 0.717) is 19.6 Å². The molecule has 0 aromatic heterocycles. The van der Waals surface area contributed by atoms with Gasteiger partial charge in [0.2, 0.25) is 5.91 Å². The molecule has 0 fully saturated rings. The summed E-state index contributed by atoms with van der Waals surface area (Å²) in [7, 11) is 0. The Morgan fingerprint density at radius 1 is 1.20 bits per heavy atom. The molecule has 0 saturated heterocycles. The lowest BCUT2D eigenvalue weighted by Gasteiger charge is -2.26. The minimum atomic E-state index is -0.297. The van der Waals surface area contributed by atoms with Gasteiger partial charge in [-0.3, -0.25) is 4.79 Å². The van der Waals surface area contributed by atoms with Gasteiger partial charge in [-0.1, -0.05) is 26.0 Å². The van der Waals surface area contributed by atoms with Crippen molar-refractivity contribution in [1.29, 1.82) is 0 Å². The van der Waals surface area contributed by atoms with Crippen molar-refractivity contribution in [1.82, 2.24) is 5.32 Å². The lowest BCUT2D eigenvalue weighted by atomic mass is 9.94. The number of nitrogens with one attached hydrogen (secondary N) is 1. The Morgan fingerprint density at radius 3 is 2.30 bits per heavy atom. The van der Waals surface area contributed by atoms with Crippen LogP contribution in [0.15, 0.2) is 24.3 Å². The molecule has 0 aliphatic rings. The van der Waals surface area contributed by atoms with Gasteiger partial charge in [0.25, 0.3) is 0 Å². The summed E-state index contributed by atoms with van der Waals surface area (Å²) in [5.74, 6) is 0.834. The van der Waals surface area contributed by atoms with Gasteiger partial charge in [0, 0.05) is 12.1 Å². The molecular weight excluding hydrogens is 252 g/mol. The molecule has 0 aliphatic carbocycles. The van der Waals surface area contributed by atoms with Crippen LogP contribution >= 0.6 is 0 Å². The normalized spacial score (nSPS) is 11.2. The first-order valence-corrected chi connectivity index (χ1v) is 7.30. The number of ether oxygens (including phenoxy) is 1. The molecule has 20 heavy (non-hydrogen) atoms. The quantitative estimate of drug-likeness (QED) is 0.766. The number of carbonyl (C=O) groups excluding carboxylic acids is 1. The summed E-state index contributed by atoms with van der Waals surface area (Å²) in [6.45, 7) is 7.20. The minimum Gasteiger partial charge on any atom is -0.494 e. The first kappa shape index (κ1) is 16.5. The van der Waals surface area contributed by atoms with Crippen LogP contribution in [0.4, 0.5) is 0 Å². The second kappa shape index (κ2) is 7.90. The van der Waals surface area contributed by atoms with Crippen molar-refractivity contribution < 1.29 is 9.53 Å². The molecule has 0 unspecified atom stereocenters. The van der Waals surface area contributed by atoms with Crippen LogP contribution in [-0.4, -0.2) is 24.6 Å². The molecule has 112 valence electrons. The Bertz CT molecular complexity index is 411. The molecule has 0 atom stereocenters. The summed E-state index contributed by atoms with van der Waals surface area (Å²) in [6, 6.07) is 7.61. The van der Waals surface area contributed by atoms with Crippen LogP contribution in [0, 0.1) is 0 Å². The van der Waals surface area contributed by atoms with Crippen LogP contribution in [0.1, 0.15) is 39.2 Å². The zero-order chi connectivity index (χ0) is 15.0. The molecule has 4 nitrogen and oxygen atoms in total. The molecule has 1 amide bonds. The van der Waals surface area contributed by atoms with Gasteiger partial charge in [0.15, 0.2) is 0 Å². The molecule has 1 aromatic carbocycles. The zero-order valence-electron chi connectivity index (χ0n) is 12.7. The topological polar surface area (TPSA) is 64.3 Å². The molecule has 4 heteroatoms. The lowest BCUT2D eigenvalue weighted by Crippen LogP contribution is -2.49. The predicted octanol–water partition coefficient (Wildman–Crippen LogP) is 2.26. The van der Waals surface area contributed by atoms with Gasteiger partial charge in [0.05, 0.1) is 13.0 Å². The molecule has 0 aliphatic heterocycles. The summed E-state index contributed by atoms with van der Waals surface area (Å²) in [5, 5.41) is 2.92. The van der Waals surface area contributed by atoms with Crippen LogP contribution in [0.2, 0.25) is 0 Å². The highest BCUT2D eigenvalue weighted by molar-refractivity contribution is 5.78. The van der Waals surface area contributed by atoms with Gasteiger partial charge in [-0.05, 0) is 37.5 Å². The van der Waals surface area contributed by atoms with Gasteiger partial charge < -0.3 is 15.8 Å². The summed E-state index contributed by atoms with van der Waals surface area (Å²) >= 11 is 0. The third-order valence-corrected chi connectivity index (χ3v) is 3.64. The zero-order valence-corrected chi connectivity index (χ0v) is 12.7. The van der Waals surface area contributed by atoms with E-state index in [2.05, 4.69) is 5.32 Å². The van der Waals surface area contributed by atoms with E-state index in [-0.39, 0.29) is 11.4 Å². The van der Waals surface area contributed by atoms with Crippen molar-refractivity contribution in [3.05, 3.63) is 29.8 Å². The second-order valence-electron chi connectivity index (χ2n) is 5.10. The van der Waals surface area contributed by atoms with Crippen molar-refractivity contribution >= 4 is 5.91 Å². The highest BCUT2D eigenvalue weighted by Gasteiger charge is 2.20. The van der Waals surface area contributed by atoms with Crippen molar-refractivity contribution in [2.45, 2.75) is 45.6 Å². The smallest absolute Gasteiger partial charge is 0.224 e. The van der Waals surface area contributed by atoms with Gasteiger partial charge in [-0.25, -0.2) is 0 Å². The number of hydrogen-bond acceptors (Lipinski definition) is 3. The van der Waals surface area contributed by atoms with Gasteiger partial charge in [-0.2, -0.15) is 0 Å². The Balaban J connectivity index is 2.46. The van der Waals surface area contributed by atoms with Gasteiger partial charge in [0.1, 0.15) is 5.75 Å². The maximum absolute atomic E-state index is 11.9. The summed E-state index contributed by atoms with van der Waals surface area (Å²) in [5.41, 5.74) is 6.84. The van der Waals surface area contributed by atoms with Crippen LogP contribution < -0.4 is 15.8 Å². The van der Waals surface area contributed by atoms with E-state index >= 15 is 0 Å². The summed E-state index contributed by atoms with van der Waals surface area (Å²) in [6.07, 6.45) is 2.08. The fraction of sp³-hybridized carbons (Fsp3) is 0.562. The fourth-order valence-electron chi connectivity index (χ4n) is 1.89. The van der Waals surface area contributed by atoms with Crippen LogP contribution in [0.3, 0.4) is 0 Å². The number of benzene rings is 1. The van der Waals surface area contributed by atoms with Crippen LogP contribution in [0.25, 0.3) is 0 Å². The van der Waals surface area contributed by atoms with E-state index in [9.17, 15) is 4.79 Å². The molecule has 1 rings (SSSR count). The second-order valence-corrected chi connectivity index (χ2v) is 5.10. The molecule has 3 N–H and O–H groups in total. The first-order valence-electron chi connectivity index (χ1n) is 7.30. The highest BCUT2D eigenvalue weighted by Crippen LogP contribution is 2.13. The third-order valence-electron chi connectivity index (χ3n) is 3.64. The first-order chi connectivity index (χ1) is 9.53. The number of rotatable bonds is 8. The van der Waals surface area contributed by atoms with E-state index < -0.39 is 0 Å². The van der Waals surface area contributed by atoms with E-state index in [1.165, 1.54) is 0 Å². The largest absolute Gasteiger partial charge is 0.494 e. The standard InChI is InChI=1S/C16H26N2O2/c1-4-16(17,5-2)12-18-15(19)11-13-7-9-14(10-8-13)20-6-3/h7-10H,4-6,11-12,17H2,1-3H3,(H,18,19).